The first-order valence-electron chi connectivity index (χ1n) is 7.66. The predicted octanol–water partition coefficient (Wildman–Crippen LogP) is 2.16. The third-order valence-corrected chi connectivity index (χ3v) is 8.28. The van der Waals surface area contributed by atoms with Crippen LogP contribution in [0.2, 0.25) is 0 Å². The molecule has 2 saturated carbocycles. The third kappa shape index (κ3) is 2.04. The number of fused-ring (bicyclic) bond motifs is 2. The number of hydrogen-bond donors (Lipinski definition) is 1. The topological polar surface area (TPSA) is 55.4 Å². The minimum Gasteiger partial charge on any atom is -0.380 e. The van der Waals surface area contributed by atoms with Crippen molar-refractivity contribution in [3.8, 4) is 0 Å². The van der Waals surface area contributed by atoms with E-state index in [1.807, 2.05) is 6.92 Å². The van der Waals surface area contributed by atoms with E-state index in [1.165, 1.54) is 6.42 Å². The summed E-state index contributed by atoms with van der Waals surface area (Å²) in [6.07, 6.45) is 3.38. The summed E-state index contributed by atoms with van der Waals surface area (Å²) in [5, 5.41) is 0. The van der Waals surface area contributed by atoms with Gasteiger partial charge in [-0.05, 0) is 36.0 Å². The first-order valence-corrected chi connectivity index (χ1v) is 9.31. The van der Waals surface area contributed by atoms with Gasteiger partial charge in [0.25, 0.3) is 0 Å². The minimum absolute atomic E-state index is 0.0990. The Hall–Kier alpha value is -0.130. The van der Waals surface area contributed by atoms with Gasteiger partial charge in [-0.15, -0.1) is 0 Å². The van der Waals surface area contributed by atoms with Crippen LogP contribution in [0.25, 0.3) is 0 Å². The van der Waals surface area contributed by atoms with E-state index in [2.05, 4.69) is 25.5 Å². The molecule has 3 aliphatic rings. The molecule has 0 aromatic carbocycles. The minimum atomic E-state index is -3.22. The van der Waals surface area contributed by atoms with Gasteiger partial charge < -0.3 is 4.74 Å². The summed E-state index contributed by atoms with van der Waals surface area (Å²) >= 11 is 0. The molecule has 4 nitrogen and oxygen atoms in total. The molecular weight excluding hydrogens is 274 g/mol. The summed E-state index contributed by atoms with van der Waals surface area (Å²) < 4.78 is 33.1. The molecule has 20 heavy (non-hydrogen) atoms. The highest BCUT2D eigenvalue weighted by molar-refractivity contribution is 7.89. The quantitative estimate of drug-likeness (QED) is 0.865. The van der Waals surface area contributed by atoms with Crippen LogP contribution in [-0.2, 0) is 14.8 Å². The summed E-state index contributed by atoms with van der Waals surface area (Å²) in [6.45, 7) is 9.98. The van der Waals surface area contributed by atoms with Gasteiger partial charge >= 0.3 is 0 Å². The van der Waals surface area contributed by atoms with Crippen molar-refractivity contribution in [2.45, 2.75) is 53.0 Å². The van der Waals surface area contributed by atoms with Crippen LogP contribution in [0.15, 0.2) is 0 Å². The molecule has 116 valence electrons. The SMILES string of the molecule is CC1(CS(=O)(=O)NC2CC3CCC2(C)C3(C)C)COC1. The molecular formula is C15H27NO3S. The Morgan fingerprint density at radius 2 is 1.85 bits per heavy atom. The van der Waals surface area contributed by atoms with E-state index in [1.54, 1.807) is 0 Å². The maximum atomic E-state index is 12.5. The van der Waals surface area contributed by atoms with Gasteiger partial charge in [-0.25, -0.2) is 13.1 Å². The predicted molar refractivity (Wildman–Crippen MR) is 78.9 cm³/mol. The van der Waals surface area contributed by atoms with E-state index in [-0.39, 0.29) is 28.0 Å². The fourth-order valence-corrected chi connectivity index (χ4v) is 6.59. The normalized spacial score (nSPS) is 41.6. The molecule has 2 bridgehead atoms. The van der Waals surface area contributed by atoms with E-state index in [0.29, 0.717) is 19.1 Å². The van der Waals surface area contributed by atoms with Crippen molar-refractivity contribution >= 4 is 10.0 Å². The second-order valence-electron chi connectivity index (χ2n) is 8.34. The van der Waals surface area contributed by atoms with Crippen molar-refractivity contribution in [3.05, 3.63) is 0 Å². The van der Waals surface area contributed by atoms with Crippen molar-refractivity contribution in [1.29, 1.82) is 0 Å². The van der Waals surface area contributed by atoms with Crippen LogP contribution < -0.4 is 4.72 Å². The van der Waals surface area contributed by atoms with Gasteiger partial charge in [0, 0.05) is 11.5 Å². The Bertz CT molecular complexity index is 509. The molecule has 3 fully saturated rings. The highest BCUT2D eigenvalue weighted by Crippen LogP contribution is 2.65. The van der Waals surface area contributed by atoms with Crippen molar-refractivity contribution in [3.63, 3.8) is 0 Å². The zero-order valence-electron chi connectivity index (χ0n) is 13.0. The summed E-state index contributed by atoms with van der Waals surface area (Å²) in [4.78, 5) is 0. The Kier molecular flexibility index (Phi) is 3.11. The molecule has 0 aromatic heterocycles. The molecule has 1 aliphatic heterocycles. The van der Waals surface area contributed by atoms with Crippen LogP contribution in [0.4, 0.5) is 0 Å². The van der Waals surface area contributed by atoms with E-state index >= 15 is 0 Å². The summed E-state index contributed by atoms with van der Waals surface area (Å²) in [7, 11) is -3.22. The van der Waals surface area contributed by atoms with E-state index in [9.17, 15) is 8.42 Å². The molecule has 3 rings (SSSR count). The maximum absolute atomic E-state index is 12.5. The fraction of sp³-hybridized carbons (Fsp3) is 1.00. The van der Waals surface area contributed by atoms with Crippen LogP contribution >= 0.6 is 0 Å². The molecule has 0 amide bonds. The lowest BCUT2D eigenvalue weighted by atomic mass is 9.69. The molecule has 2 aliphatic carbocycles. The van der Waals surface area contributed by atoms with Crippen molar-refractivity contribution in [1.82, 2.24) is 4.72 Å². The first kappa shape index (κ1) is 14.8. The van der Waals surface area contributed by atoms with Gasteiger partial charge in [0.2, 0.25) is 10.0 Å². The van der Waals surface area contributed by atoms with Crippen LogP contribution in [0.1, 0.15) is 47.0 Å². The van der Waals surface area contributed by atoms with Gasteiger partial charge in [-0.2, -0.15) is 0 Å². The van der Waals surface area contributed by atoms with Gasteiger partial charge in [0.1, 0.15) is 0 Å². The Morgan fingerprint density at radius 1 is 1.20 bits per heavy atom. The van der Waals surface area contributed by atoms with E-state index in [4.69, 9.17) is 4.74 Å². The summed E-state index contributed by atoms with van der Waals surface area (Å²) in [5.74, 6) is 0.848. The molecule has 5 heteroatoms. The zero-order chi connectivity index (χ0) is 14.8. The number of rotatable bonds is 4. The van der Waals surface area contributed by atoms with Crippen LogP contribution in [0, 0.1) is 22.2 Å². The average molecular weight is 301 g/mol. The third-order valence-electron chi connectivity index (χ3n) is 6.56. The van der Waals surface area contributed by atoms with Crippen LogP contribution in [0.5, 0.6) is 0 Å². The van der Waals surface area contributed by atoms with Gasteiger partial charge in [0.05, 0.1) is 19.0 Å². The molecule has 1 heterocycles. The summed E-state index contributed by atoms with van der Waals surface area (Å²) in [6, 6.07) is 0.103. The average Bonchev–Trinajstić information content (AvgIpc) is 2.59. The lowest BCUT2D eigenvalue weighted by Crippen LogP contribution is -2.52. The lowest BCUT2D eigenvalue weighted by Gasteiger charge is -2.41. The first-order chi connectivity index (χ1) is 9.08. The number of hydrogen-bond acceptors (Lipinski definition) is 3. The van der Waals surface area contributed by atoms with E-state index < -0.39 is 10.0 Å². The second-order valence-corrected chi connectivity index (χ2v) is 10.1. The molecule has 1 saturated heterocycles. The number of nitrogens with one attached hydrogen (secondary N) is 1. The fourth-order valence-electron chi connectivity index (χ4n) is 4.63. The Labute approximate surface area is 122 Å². The molecule has 0 spiro atoms. The van der Waals surface area contributed by atoms with Crippen molar-refractivity contribution in [2.24, 2.45) is 22.2 Å². The molecule has 0 aromatic rings. The van der Waals surface area contributed by atoms with E-state index in [0.717, 1.165) is 12.8 Å². The summed E-state index contributed by atoms with van der Waals surface area (Å²) in [5.41, 5.74) is 0.144. The molecule has 3 atom stereocenters. The monoisotopic (exact) mass is 301 g/mol. The molecule has 3 unspecified atom stereocenters. The van der Waals surface area contributed by atoms with Crippen molar-refractivity contribution in [2.75, 3.05) is 19.0 Å². The largest absolute Gasteiger partial charge is 0.380 e. The van der Waals surface area contributed by atoms with Crippen molar-refractivity contribution < 1.29 is 13.2 Å². The molecule has 1 N–H and O–H groups in total. The van der Waals surface area contributed by atoms with Crippen LogP contribution in [0.3, 0.4) is 0 Å². The number of ether oxygens (including phenoxy) is 1. The Balaban J connectivity index is 1.73. The van der Waals surface area contributed by atoms with Gasteiger partial charge in [0.15, 0.2) is 0 Å². The highest BCUT2D eigenvalue weighted by Gasteiger charge is 2.62. The Morgan fingerprint density at radius 3 is 2.25 bits per heavy atom. The standard InChI is InChI=1S/C15H27NO3S/c1-13(2)11-5-6-15(13,4)12(7-11)16-20(17,18)10-14(3)8-19-9-14/h11-12,16H,5-10H2,1-4H3. The maximum Gasteiger partial charge on any atom is 0.212 e. The zero-order valence-corrected chi connectivity index (χ0v) is 13.8. The highest BCUT2D eigenvalue weighted by atomic mass is 32.2. The van der Waals surface area contributed by atoms with Gasteiger partial charge in [-0.1, -0.05) is 27.7 Å². The number of sulfonamides is 1. The smallest absolute Gasteiger partial charge is 0.212 e. The second kappa shape index (κ2) is 4.20. The van der Waals surface area contributed by atoms with Crippen LogP contribution in [-0.4, -0.2) is 33.4 Å². The van der Waals surface area contributed by atoms with Gasteiger partial charge in [-0.3, -0.25) is 0 Å². The lowest BCUT2D eigenvalue weighted by molar-refractivity contribution is -0.0871. The molecule has 0 radical (unpaired) electrons.